The molecule has 1 saturated carbocycles. The predicted octanol–water partition coefficient (Wildman–Crippen LogP) is 2.66. The van der Waals surface area contributed by atoms with Crippen molar-refractivity contribution >= 4 is 11.7 Å². The van der Waals surface area contributed by atoms with Crippen LogP contribution < -0.4 is 15.4 Å². The molecule has 1 aliphatic carbocycles. The fraction of sp³-hybridized carbons (Fsp3) is 0.500. The summed E-state index contributed by atoms with van der Waals surface area (Å²) in [6.07, 6.45) is -2.99. The zero-order valence-corrected chi connectivity index (χ0v) is 12.0. The van der Waals surface area contributed by atoms with Gasteiger partial charge in [-0.3, -0.25) is 0 Å². The molecule has 1 aromatic carbocycles. The van der Waals surface area contributed by atoms with Crippen LogP contribution in [0.15, 0.2) is 18.2 Å². The zero-order chi connectivity index (χ0) is 17.1. The van der Waals surface area contributed by atoms with E-state index in [-0.39, 0.29) is 30.0 Å². The summed E-state index contributed by atoms with van der Waals surface area (Å²) in [5.74, 6) is -1.02. The maximum atomic E-state index is 13.2. The van der Waals surface area contributed by atoms with E-state index in [0.29, 0.717) is 0 Å². The number of hydrogen-bond acceptors (Lipinski definition) is 3. The van der Waals surface area contributed by atoms with Crippen molar-refractivity contribution in [1.29, 1.82) is 0 Å². The summed E-state index contributed by atoms with van der Waals surface area (Å²) in [7, 11) is 0. The molecule has 0 bridgehead atoms. The van der Waals surface area contributed by atoms with Crippen molar-refractivity contribution in [2.24, 2.45) is 5.41 Å². The quantitative estimate of drug-likeness (QED) is 0.700. The summed E-state index contributed by atoms with van der Waals surface area (Å²) in [6, 6.07) is 2.09. The Morgan fingerprint density at radius 1 is 1.35 bits per heavy atom. The molecule has 128 valence electrons. The Morgan fingerprint density at radius 3 is 2.61 bits per heavy atom. The topological polar surface area (TPSA) is 70.6 Å². The van der Waals surface area contributed by atoms with E-state index in [0.717, 1.165) is 31.0 Å². The Kier molecular flexibility index (Phi) is 4.98. The molecule has 0 spiro atoms. The fourth-order valence-electron chi connectivity index (χ4n) is 1.89. The first-order valence-corrected chi connectivity index (χ1v) is 6.88. The Balaban J connectivity index is 1.97. The van der Waals surface area contributed by atoms with Gasteiger partial charge in [0.2, 0.25) is 0 Å². The van der Waals surface area contributed by atoms with Crippen LogP contribution >= 0.6 is 0 Å². The number of carbonyl (C=O) groups is 1. The third kappa shape index (κ3) is 5.27. The number of aliphatic hydroxyl groups excluding tert-OH is 1. The second kappa shape index (κ2) is 6.61. The molecular formula is C14H16F4N2O3. The Labute approximate surface area is 129 Å². The van der Waals surface area contributed by atoms with Crippen molar-refractivity contribution in [3.8, 4) is 5.75 Å². The molecule has 0 saturated heterocycles. The van der Waals surface area contributed by atoms with Gasteiger partial charge < -0.3 is 20.5 Å². The monoisotopic (exact) mass is 336 g/mol. The lowest BCUT2D eigenvalue weighted by Gasteiger charge is -2.16. The van der Waals surface area contributed by atoms with Gasteiger partial charge in [0.1, 0.15) is 11.6 Å². The third-order valence-electron chi connectivity index (χ3n) is 3.50. The third-order valence-corrected chi connectivity index (χ3v) is 3.50. The van der Waals surface area contributed by atoms with Crippen LogP contribution in [-0.4, -0.2) is 37.1 Å². The average molecular weight is 336 g/mol. The van der Waals surface area contributed by atoms with Crippen LogP contribution in [0.3, 0.4) is 0 Å². The fourth-order valence-corrected chi connectivity index (χ4v) is 1.89. The lowest BCUT2D eigenvalue weighted by molar-refractivity contribution is -0.153. The molecule has 1 aromatic rings. The SMILES string of the molecule is O=C(NCC1(CO)CC1)Nc1cc(F)ccc1OCC(F)(F)F. The van der Waals surface area contributed by atoms with E-state index < -0.39 is 24.6 Å². The van der Waals surface area contributed by atoms with Crippen molar-refractivity contribution in [1.82, 2.24) is 5.32 Å². The molecule has 0 atom stereocenters. The molecule has 3 N–H and O–H groups in total. The van der Waals surface area contributed by atoms with E-state index in [1.54, 1.807) is 0 Å². The number of urea groups is 1. The van der Waals surface area contributed by atoms with Gasteiger partial charge >= 0.3 is 12.2 Å². The minimum absolute atomic E-state index is 0.0623. The molecule has 2 amide bonds. The summed E-state index contributed by atoms with van der Waals surface area (Å²) >= 11 is 0. The molecule has 1 aliphatic rings. The van der Waals surface area contributed by atoms with E-state index in [1.807, 2.05) is 0 Å². The highest BCUT2D eigenvalue weighted by Gasteiger charge is 2.42. The second-order valence-electron chi connectivity index (χ2n) is 5.51. The number of alkyl halides is 3. The minimum atomic E-state index is -4.55. The standard InChI is InChI=1S/C14H16F4N2O3/c15-9-1-2-11(23-8-14(16,17)18)10(5-9)20-12(22)19-6-13(7-21)3-4-13/h1-2,5,21H,3-4,6-8H2,(H2,19,20,22). The van der Waals surface area contributed by atoms with Crippen molar-refractivity contribution in [3.05, 3.63) is 24.0 Å². The molecule has 2 rings (SSSR count). The first-order chi connectivity index (χ1) is 10.7. The summed E-state index contributed by atoms with van der Waals surface area (Å²) < 4.78 is 54.4. The van der Waals surface area contributed by atoms with E-state index >= 15 is 0 Å². The number of hydrogen-bond donors (Lipinski definition) is 3. The maximum absolute atomic E-state index is 13.2. The molecule has 5 nitrogen and oxygen atoms in total. The van der Waals surface area contributed by atoms with Crippen LogP contribution in [0.1, 0.15) is 12.8 Å². The van der Waals surface area contributed by atoms with Gasteiger partial charge in [-0.15, -0.1) is 0 Å². The number of carbonyl (C=O) groups excluding carboxylic acids is 1. The zero-order valence-electron chi connectivity index (χ0n) is 12.0. The lowest BCUT2D eigenvalue weighted by atomic mass is 10.1. The van der Waals surface area contributed by atoms with E-state index in [4.69, 9.17) is 5.11 Å². The number of rotatable bonds is 6. The molecule has 0 aliphatic heterocycles. The normalized spacial score (nSPS) is 15.9. The predicted molar refractivity (Wildman–Crippen MR) is 73.7 cm³/mol. The first kappa shape index (κ1) is 17.3. The molecular weight excluding hydrogens is 320 g/mol. The number of benzene rings is 1. The smallest absolute Gasteiger partial charge is 0.422 e. The molecule has 0 unspecified atom stereocenters. The summed E-state index contributed by atoms with van der Waals surface area (Å²) in [5, 5.41) is 13.9. The molecule has 23 heavy (non-hydrogen) atoms. The van der Waals surface area contributed by atoms with Gasteiger partial charge in [-0.2, -0.15) is 13.2 Å². The van der Waals surface area contributed by atoms with Gasteiger partial charge in [-0.25, -0.2) is 9.18 Å². The summed E-state index contributed by atoms with van der Waals surface area (Å²) in [6.45, 7) is -1.39. The van der Waals surface area contributed by atoms with Crippen LogP contribution in [0.5, 0.6) is 5.75 Å². The van der Waals surface area contributed by atoms with E-state index in [9.17, 15) is 22.4 Å². The highest BCUT2D eigenvalue weighted by atomic mass is 19.4. The van der Waals surface area contributed by atoms with Gasteiger partial charge in [0, 0.05) is 18.0 Å². The van der Waals surface area contributed by atoms with Gasteiger partial charge in [0.15, 0.2) is 6.61 Å². The second-order valence-corrected chi connectivity index (χ2v) is 5.51. The van der Waals surface area contributed by atoms with Gasteiger partial charge in [-0.05, 0) is 25.0 Å². The first-order valence-electron chi connectivity index (χ1n) is 6.88. The summed E-state index contributed by atoms with van der Waals surface area (Å²) in [5.41, 5.74) is -0.532. The van der Waals surface area contributed by atoms with Crippen molar-refractivity contribution in [2.45, 2.75) is 19.0 Å². The molecule has 1 fully saturated rings. The van der Waals surface area contributed by atoms with Crippen molar-refractivity contribution in [2.75, 3.05) is 25.1 Å². The molecule has 0 radical (unpaired) electrons. The lowest BCUT2D eigenvalue weighted by Crippen LogP contribution is -2.35. The van der Waals surface area contributed by atoms with Gasteiger partial charge in [-0.1, -0.05) is 0 Å². The largest absolute Gasteiger partial charge is 0.482 e. The Morgan fingerprint density at radius 2 is 2.04 bits per heavy atom. The number of anilines is 1. The van der Waals surface area contributed by atoms with Crippen LogP contribution in [0.25, 0.3) is 0 Å². The molecule has 0 aromatic heterocycles. The number of halogens is 4. The Hall–Kier alpha value is -2.03. The van der Waals surface area contributed by atoms with Crippen LogP contribution in [0, 0.1) is 11.2 Å². The number of aliphatic hydroxyl groups is 1. The number of nitrogens with one attached hydrogen (secondary N) is 2. The highest BCUT2D eigenvalue weighted by molar-refractivity contribution is 5.90. The minimum Gasteiger partial charge on any atom is -0.482 e. The van der Waals surface area contributed by atoms with Crippen LogP contribution in [0.2, 0.25) is 0 Å². The van der Waals surface area contributed by atoms with Crippen LogP contribution in [0.4, 0.5) is 28.0 Å². The Bertz CT molecular complexity index is 574. The van der Waals surface area contributed by atoms with Crippen molar-refractivity contribution < 1.29 is 32.2 Å². The van der Waals surface area contributed by atoms with Gasteiger partial charge in [0.25, 0.3) is 0 Å². The summed E-state index contributed by atoms with van der Waals surface area (Å²) in [4.78, 5) is 11.8. The molecule has 9 heteroatoms. The maximum Gasteiger partial charge on any atom is 0.422 e. The number of amides is 2. The van der Waals surface area contributed by atoms with Crippen molar-refractivity contribution in [3.63, 3.8) is 0 Å². The average Bonchev–Trinajstić information content (AvgIpc) is 3.24. The van der Waals surface area contributed by atoms with E-state index in [1.165, 1.54) is 0 Å². The highest BCUT2D eigenvalue weighted by Crippen LogP contribution is 2.44. The molecule has 0 heterocycles. The van der Waals surface area contributed by atoms with E-state index in [2.05, 4.69) is 15.4 Å². The number of ether oxygens (including phenoxy) is 1. The van der Waals surface area contributed by atoms with Crippen LogP contribution in [-0.2, 0) is 0 Å². The van der Waals surface area contributed by atoms with Gasteiger partial charge in [0.05, 0.1) is 12.3 Å².